The van der Waals surface area contributed by atoms with Gasteiger partial charge >= 0.3 is 6.18 Å². The zero-order valence-electron chi connectivity index (χ0n) is 8.13. The Balaban J connectivity index is 2.51. The maximum absolute atomic E-state index is 12.2. The van der Waals surface area contributed by atoms with Crippen LogP contribution in [-0.4, -0.2) is 41.4 Å². The van der Waals surface area contributed by atoms with Crippen molar-refractivity contribution in [3.8, 4) is 0 Å². The topological polar surface area (TPSA) is 97.0 Å². The number of aliphatic hydroxyl groups is 2. The molecule has 92 valence electrons. The van der Waals surface area contributed by atoms with Gasteiger partial charge in [0.25, 0.3) is 0 Å². The largest absolute Gasteiger partial charge is 0.408 e. The summed E-state index contributed by atoms with van der Waals surface area (Å²) in [4.78, 5) is 7.08. The molecule has 0 saturated heterocycles. The van der Waals surface area contributed by atoms with Crippen LogP contribution in [0.3, 0.4) is 0 Å². The Morgan fingerprint density at radius 1 is 1.29 bits per heavy atom. The van der Waals surface area contributed by atoms with Gasteiger partial charge in [-0.3, -0.25) is 0 Å². The third kappa shape index (κ3) is 2.31. The number of aliphatic hydroxyl groups excluding tert-OH is 1. The molecule has 17 heavy (non-hydrogen) atoms. The molecule has 7 nitrogen and oxygen atoms in total. The predicted octanol–water partition coefficient (Wildman–Crippen LogP) is -0.233. The molecule has 2 rings (SSSR count). The first-order chi connectivity index (χ1) is 7.88. The quantitative estimate of drug-likeness (QED) is 0.713. The standard InChI is InChI=1S/C7H6F3N5O2/c8-7(9,10)1-15-5-3(13-14-15)4(6(16)17)11-2-12-5/h2,6,16-17H,1H2. The maximum atomic E-state index is 12.2. The van der Waals surface area contributed by atoms with Crippen LogP contribution in [0, 0.1) is 0 Å². The van der Waals surface area contributed by atoms with Gasteiger partial charge in [0.2, 0.25) is 0 Å². The molecule has 0 aliphatic carbocycles. The van der Waals surface area contributed by atoms with E-state index in [2.05, 4.69) is 20.3 Å². The third-order valence-corrected chi connectivity index (χ3v) is 1.90. The average molecular weight is 249 g/mol. The second kappa shape index (κ2) is 3.89. The van der Waals surface area contributed by atoms with Crippen molar-refractivity contribution in [2.24, 2.45) is 0 Å². The van der Waals surface area contributed by atoms with Crippen LogP contribution < -0.4 is 0 Å². The normalized spacial score (nSPS) is 12.6. The van der Waals surface area contributed by atoms with Crippen molar-refractivity contribution in [3.63, 3.8) is 0 Å². The number of alkyl halides is 3. The Kier molecular flexibility index (Phi) is 2.67. The molecule has 0 aromatic carbocycles. The molecule has 0 atom stereocenters. The van der Waals surface area contributed by atoms with Crippen LogP contribution in [0.15, 0.2) is 6.33 Å². The summed E-state index contributed by atoms with van der Waals surface area (Å²) >= 11 is 0. The molecule has 0 radical (unpaired) electrons. The van der Waals surface area contributed by atoms with Crippen LogP contribution in [0.4, 0.5) is 13.2 Å². The maximum Gasteiger partial charge on any atom is 0.408 e. The van der Waals surface area contributed by atoms with Crippen molar-refractivity contribution < 1.29 is 23.4 Å². The van der Waals surface area contributed by atoms with E-state index in [0.717, 1.165) is 6.33 Å². The van der Waals surface area contributed by atoms with Gasteiger partial charge < -0.3 is 10.2 Å². The molecule has 0 fully saturated rings. The van der Waals surface area contributed by atoms with E-state index in [1.54, 1.807) is 0 Å². The van der Waals surface area contributed by atoms with Gasteiger partial charge in [0.1, 0.15) is 18.6 Å². The average Bonchev–Trinajstić information content (AvgIpc) is 2.59. The minimum atomic E-state index is -4.47. The van der Waals surface area contributed by atoms with E-state index in [1.165, 1.54) is 0 Å². The van der Waals surface area contributed by atoms with Crippen molar-refractivity contribution in [2.75, 3.05) is 0 Å². The van der Waals surface area contributed by atoms with Gasteiger partial charge in [-0.1, -0.05) is 5.21 Å². The van der Waals surface area contributed by atoms with Crippen LogP contribution in [0.2, 0.25) is 0 Å². The van der Waals surface area contributed by atoms with Gasteiger partial charge in [-0.15, -0.1) is 5.10 Å². The molecule has 0 aliphatic heterocycles. The van der Waals surface area contributed by atoms with Crippen molar-refractivity contribution >= 4 is 11.2 Å². The monoisotopic (exact) mass is 249 g/mol. The van der Waals surface area contributed by atoms with Gasteiger partial charge in [0.05, 0.1) is 0 Å². The number of halogens is 3. The number of aromatic nitrogens is 5. The molecule has 2 aromatic heterocycles. The molecule has 0 bridgehead atoms. The second-order valence-electron chi connectivity index (χ2n) is 3.17. The van der Waals surface area contributed by atoms with Crippen molar-refractivity contribution in [1.29, 1.82) is 0 Å². The van der Waals surface area contributed by atoms with Crippen LogP contribution in [0.1, 0.15) is 12.0 Å². The number of hydrogen-bond donors (Lipinski definition) is 2. The van der Waals surface area contributed by atoms with Crippen molar-refractivity contribution in [1.82, 2.24) is 25.0 Å². The minimum absolute atomic E-state index is 0.174. The molecular weight excluding hydrogens is 243 g/mol. The first-order valence-corrected chi connectivity index (χ1v) is 4.35. The molecule has 10 heteroatoms. The highest BCUT2D eigenvalue weighted by atomic mass is 19.4. The molecule has 2 heterocycles. The van der Waals surface area contributed by atoms with Crippen molar-refractivity contribution in [3.05, 3.63) is 12.0 Å². The highest BCUT2D eigenvalue weighted by molar-refractivity contribution is 5.72. The molecule has 0 saturated carbocycles. The number of rotatable bonds is 2. The summed E-state index contributed by atoms with van der Waals surface area (Å²) in [5.41, 5.74) is -0.671. The van der Waals surface area contributed by atoms with Crippen LogP contribution in [-0.2, 0) is 6.54 Å². The fraction of sp³-hybridized carbons (Fsp3) is 0.429. The third-order valence-electron chi connectivity index (χ3n) is 1.90. The lowest BCUT2D eigenvalue weighted by Crippen LogP contribution is -2.19. The Bertz CT molecular complexity index is 538. The van der Waals surface area contributed by atoms with E-state index < -0.39 is 19.0 Å². The van der Waals surface area contributed by atoms with E-state index in [0.29, 0.717) is 4.68 Å². The van der Waals surface area contributed by atoms with Gasteiger partial charge in [0, 0.05) is 0 Å². The molecule has 2 aromatic rings. The van der Waals surface area contributed by atoms with Gasteiger partial charge in [-0.25, -0.2) is 14.6 Å². The molecule has 0 aliphatic rings. The van der Waals surface area contributed by atoms with Gasteiger partial charge in [-0.2, -0.15) is 13.2 Å². The zero-order chi connectivity index (χ0) is 12.6. The Morgan fingerprint density at radius 3 is 2.59 bits per heavy atom. The van der Waals surface area contributed by atoms with E-state index >= 15 is 0 Å². The Morgan fingerprint density at radius 2 is 2.00 bits per heavy atom. The molecule has 0 unspecified atom stereocenters. The molecule has 0 amide bonds. The number of nitrogens with zero attached hydrogens (tertiary/aromatic N) is 5. The lowest BCUT2D eigenvalue weighted by atomic mass is 10.3. The predicted molar refractivity (Wildman–Crippen MR) is 46.4 cm³/mol. The fourth-order valence-electron chi connectivity index (χ4n) is 1.27. The first kappa shape index (κ1) is 11.7. The molecule has 0 spiro atoms. The Hall–Kier alpha value is -1.81. The number of fused-ring (bicyclic) bond motifs is 1. The summed E-state index contributed by atoms with van der Waals surface area (Å²) in [6.45, 7) is -1.36. The van der Waals surface area contributed by atoms with Crippen LogP contribution >= 0.6 is 0 Å². The van der Waals surface area contributed by atoms with Gasteiger partial charge in [-0.05, 0) is 0 Å². The lowest BCUT2D eigenvalue weighted by Gasteiger charge is -2.06. The smallest absolute Gasteiger partial charge is 0.363 e. The van der Waals surface area contributed by atoms with E-state index in [1.807, 2.05) is 0 Å². The lowest BCUT2D eigenvalue weighted by molar-refractivity contribution is -0.142. The van der Waals surface area contributed by atoms with E-state index in [4.69, 9.17) is 10.2 Å². The number of hydrogen-bond acceptors (Lipinski definition) is 6. The summed E-state index contributed by atoms with van der Waals surface area (Å²) in [5.74, 6) is 0. The summed E-state index contributed by atoms with van der Waals surface area (Å²) in [7, 11) is 0. The summed E-state index contributed by atoms with van der Waals surface area (Å²) in [6.07, 6.45) is -5.51. The minimum Gasteiger partial charge on any atom is -0.363 e. The summed E-state index contributed by atoms with van der Waals surface area (Å²) < 4.78 is 37.0. The first-order valence-electron chi connectivity index (χ1n) is 4.35. The van der Waals surface area contributed by atoms with Crippen LogP contribution in [0.25, 0.3) is 11.2 Å². The summed E-state index contributed by atoms with van der Waals surface area (Å²) in [5, 5.41) is 24.5. The summed E-state index contributed by atoms with van der Waals surface area (Å²) in [6, 6.07) is 0. The SMILES string of the molecule is OC(O)c1ncnc2c1nnn2CC(F)(F)F. The molecular formula is C7H6F3N5O2. The highest BCUT2D eigenvalue weighted by Gasteiger charge is 2.30. The van der Waals surface area contributed by atoms with E-state index in [-0.39, 0.29) is 16.9 Å². The fourth-order valence-corrected chi connectivity index (χ4v) is 1.27. The zero-order valence-corrected chi connectivity index (χ0v) is 8.13. The van der Waals surface area contributed by atoms with Gasteiger partial charge in [0.15, 0.2) is 17.5 Å². The van der Waals surface area contributed by atoms with Crippen LogP contribution in [0.5, 0.6) is 0 Å². The molecule has 2 N–H and O–H groups in total. The van der Waals surface area contributed by atoms with E-state index in [9.17, 15) is 13.2 Å². The second-order valence-corrected chi connectivity index (χ2v) is 3.17. The highest BCUT2D eigenvalue weighted by Crippen LogP contribution is 2.21. The van der Waals surface area contributed by atoms with Crippen molar-refractivity contribution in [2.45, 2.75) is 19.0 Å². The Labute approximate surface area is 91.5 Å².